The fourth-order valence-corrected chi connectivity index (χ4v) is 4.91. The molecule has 28 heteroatoms. The number of aryl methyl sites for hydroxylation is 1. The Kier molecular flexibility index (Phi) is 42.7. The molecule has 11 aromatic heterocycles. The molecule has 0 aliphatic rings. The second-order valence-electron chi connectivity index (χ2n) is 15.0. The molecule has 0 saturated heterocycles. The number of carbonyl (C=O) groups excluding carboxylic acids is 3. The molecule has 0 bridgehead atoms. The van der Waals surface area contributed by atoms with Gasteiger partial charge in [0.15, 0.2) is 12.0 Å². The lowest BCUT2D eigenvalue weighted by Gasteiger charge is -1.98. The molecule has 26 nitrogen and oxygen atoms in total. The summed E-state index contributed by atoms with van der Waals surface area (Å²) in [5.74, 6) is 3.08. The Balaban J connectivity index is 0.000000481. The van der Waals surface area contributed by atoms with Crippen LogP contribution in [0.15, 0.2) is 269 Å². The lowest BCUT2D eigenvalue weighted by Crippen LogP contribution is -2.27. The molecule has 0 saturated carbocycles. The quantitative estimate of drug-likeness (QED) is 0.0142. The Bertz CT molecular complexity index is 3200. The smallest absolute Gasteiger partial charge is 0.478 e. The summed E-state index contributed by atoms with van der Waals surface area (Å²) >= 11 is 0. The third kappa shape index (κ3) is 40.5. The highest BCUT2D eigenvalue weighted by atomic mass is 16.5. The van der Waals surface area contributed by atoms with Crippen LogP contribution in [0.3, 0.4) is 0 Å². The molecule has 8 N–H and O–H groups in total. The number of hydrogen-bond donors (Lipinski definition) is 7. The van der Waals surface area contributed by atoms with Crippen molar-refractivity contribution in [1.29, 1.82) is 10.5 Å². The third-order valence-corrected chi connectivity index (χ3v) is 8.80. The molecule has 0 spiro atoms. The summed E-state index contributed by atoms with van der Waals surface area (Å²) in [6, 6.07) is 37.8. The van der Waals surface area contributed by atoms with E-state index < -0.39 is 20.2 Å². The van der Waals surface area contributed by atoms with E-state index in [9.17, 15) is 19.2 Å². The van der Waals surface area contributed by atoms with E-state index in [1.165, 1.54) is 86.9 Å². The van der Waals surface area contributed by atoms with Crippen LogP contribution in [0, 0.1) is 22.7 Å². The normalized spacial score (nSPS) is 9.02. The molecule has 11 rings (SSSR count). The molecule has 87 heavy (non-hydrogen) atoms. The molecule has 454 valence electrons. The highest BCUT2D eigenvalue weighted by molar-refractivity contribution is 6.58. The number of hydrogen-bond acceptors (Lipinski definition) is 25. The van der Waals surface area contributed by atoms with Crippen molar-refractivity contribution >= 4 is 55.7 Å². The number of rotatable bonds is 13. The van der Waals surface area contributed by atoms with Gasteiger partial charge in [0.2, 0.25) is 11.8 Å². The summed E-state index contributed by atoms with van der Waals surface area (Å²) < 4.78 is 56.7. The second-order valence-corrected chi connectivity index (χ2v) is 15.0. The van der Waals surface area contributed by atoms with Gasteiger partial charge in [0, 0.05) is 18.0 Å². The van der Waals surface area contributed by atoms with Crippen LogP contribution < -0.4 is 16.9 Å². The number of aliphatic hydroxyl groups excluding tert-OH is 1. The van der Waals surface area contributed by atoms with Crippen LogP contribution >= 0.6 is 0 Å². The molecule has 0 amide bonds. The van der Waals surface area contributed by atoms with Crippen molar-refractivity contribution in [2.45, 2.75) is 39.5 Å². The van der Waals surface area contributed by atoms with Crippen molar-refractivity contribution in [2.75, 3.05) is 6.61 Å². The first-order valence-electron chi connectivity index (χ1n) is 25.0. The SMILES string of the molecule is CCOC(=O)CCc1ccco1.N#Cc1ccco1.N#Cc1ccoc1.NCc1ccco1.O=C(O)/C=C/c1ccco1.O=C=NCc1ccco1.O=Cc1ccco1.OB(O)c1ccco1.OB(O)c1ccoc1.OCc1ccco1.c1ccoc1. The van der Waals surface area contributed by atoms with Crippen LogP contribution in [-0.4, -0.2) is 75.5 Å². The fraction of sp³-hybridized carbons (Fsp3) is 0.119. The zero-order chi connectivity index (χ0) is 63.8. The maximum absolute atomic E-state index is 10.9. The summed E-state index contributed by atoms with van der Waals surface area (Å²) in [5, 5.41) is 66.3. The number of ether oxygens (including phenoxy) is 1. The van der Waals surface area contributed by atoms with E-state index in [-0.39, 0.29) is 24.8 Å². The lowest BCUT2D eigenvalue weighted by atomic mass is 9.83. The van der Waals surface area contributed by atoms with E-state index in [0.29, 0.717) is 72.1 Å². The summed E-state index contributed by atoms with van der Waals surface area (Å²) in [4.78, 5) is 43.5. The first-order chi connectivity index (χ1) is 42.3. The number of furan rings is 11. The van der Waals surface area contributed by atoms with Crippen LogP contribution in [0.25, 0.3) is 6.08 Å². The Hall–Kier alpha value is -11.3. The molecule has 0 unspecified atom stereocenters. The number of isocyanates is 1. The van der Waals surface area contributed by atoms with Gasteiger partial charge < -0.3 is 89.4 Å². The maximum atomic E-state index is 10.9. The van der Waals surface area contributed by atoms with Gasteiger partial charge in [-0.15, -0.1) is 0 Å². The topological polar surface area (TPSA) is 429 Å². The van der Waals surface area contributed by atoms with Crippen LogP contribution in [0.1, 0.15) is 64.0 Å². The van der Waals surface area contributed by atoms with E-state index in [1.54, 1.807) is 111 Å². The first-order valence-corrected chi connectivity index (χ1v) is 25.0. The number of aliphatic carboxylic acids is 1. The van der Waals surface area contributed by atoms with Gasteiger partial charge in [0.05, 0.1) is 107 Å². The predicted octanol–water partition coefficient (Wildman–Crippen LogP) is 8.37. The fourth-order valence-electron chi connectivity index (χ4n) is 4.91. The van der Waals surface area contributed by atoms with Crippen LogP contribution in [-0.2, 0) is 45.2 Å². The molecule has 11 aromatic rings. The summed E-state index contributed by atoms with van der Waals surface area (Å²) in [6.07, 6.45) is 26.4. The Morgan fingerprint density at radius 3 is 1.46 bits per heavy atom. The van der Waals surface area contributed by atoms with Gasteiger partial charge in [-0.25, -0.2) is 9.59 Å². The number of aliphatic hydroxyl groups is 1. The van der Waals surface area contributed by atoms with Crippen molar-refractivity contribution < 1.29 is 103 Å². The molecule has 0 aromatic carbocycles. The molecule has 0 aliphatic heterocycles. The largest absolute Gasteiger partial charge is 0.526 e. The number of aliphatic imine (C=N–C) groups is 1. The number of nitrogens with zero attached hydrogens (tertiary/aromatic N) is 3. The molecule has 11 heterocycles. The molecule has 0 fully saturated rings. The van der Waals surface area contributed by atoms with Crippen molar-refractivity contribution in [2.24, 2.45) is 10.7 Å². The van der Waals surface area contributed by atoms with Gasteiger partial charge in [-0.3, -0.25) is 9.59 Å². The van der Waals surface area contributed by atoms with E-state index in [0.717, 1.165) is 17.6 Å². The number of carbonyl (C=O) groups is 3. The van der Waals surface area contributed by atoms with Crippen LogP contribution in [0.4, 0.5) is 0 Å². The Morgan fingerprint density at radius 2 is 1.14 bits per heavy atom. The Labute approximate surface area is 497 Å². The molecule has 0 aliphatic carbocycles. The Morgan fingerprint density at radius 1 is 0.598 bits per heavy atom. The van der Waals surface area contributed by atoms with E-state index in [1.807, 2.05) is 42.5 Å². The number of esters is 1. The number of carboxylic acids is 1. The van der Waals surface area contributed by atoms with Gasteiger partial charge >= 0.3 is 26.2 Å². The maximum Gasteiger partial charge on any atom is 0.526 e. The average molecular weight is 1200 g/mol. The van der Waals surface area contributed by atoms with Crippen LogP contribution in [0.5, 0.6) is 0 Å². The molecular formula is C59H60B2N4O22. The minimum atomic E-state index is -1.48. The van der Waals surface area contributed by atoms with Crippen molar-refractivity contribution in [3.63, 3.8) is 0 Å². The van der Waals surface area contributed by atoms with Crippen LogP contribution in [0.2, 0.25) is 0 Å². The number of nitriles is 2. The van der Waals surface area contributed by atoms with E-state index in [4.69, 9.17) is 73.4 Å². The van der Waals surface area contributed by atoms with Gasteiger partial charge in [0.25, 0.3) is 0 Å². The second kappa shape index (κ2) is 50.4. The highest BCUT2D eigenvalue weighted by Gasteiger charge is 2.12. The average Bonchev–Trinajstić information content (AvgIpc) is 4.41. The zero-order valence-corrected chi connectivity index (χ0v) is 46.4. The third-order valence-electron chi connectivity index (χ3n) is 8.80. The zero-order valence-electron chi connectivity index (χ0n) is 46.4. The van der Waals surface area contributed by atoms with Gasteiger partial charge in [-0.05, 0) is 134 Å². The van der Waals surface area contributed by atoms with Crippen molar-refractivity contribution in [3.05, 3.63) is 261 Å². The number of nitrogens with two attached hydrogens (primary N) is 1. The highest BCUT2D eigenvalue weighted by Crippen LogP contribution is 2.05. The number of aldehydes is 1. The van der Waals surface area contributed by atoms with E-state index >= 15 is 0 Å². The predicted molar refractivity (Wildman–Crippen MR) is 308 cm³/mol. The molecular weight excluding hydrogens is 1140 g/mol. The lowest BCUT2D eigenvalue weighted by molar-refractivity contribution is -0.143. The minimum absolute atomic E-state index is 0.00694. The number of carboxylic acid groups (broad SMARTS) is 1. The summed E-state index contributed by atoms with van der Waals surface area (Å²) in [5.41, 5.74) is 6.32. The van der Waals surface area contributed by atoms with Gasteiger partial charge in [-0.2, -0.15) is 15.5 Å². The minimum Gasteiger partial charge on any atom is -0.478 e. The van der Waals surface area contributed by atoms with Gasteiger partial charge in [0.1, 0.15) is 66.0 Å². The van der Waals surface area contributed by atoms with Crippen molar-refractivity contribution in [1.82, 2.24) is 0 Å². The van der Waals surface area contributed by atoms with Crippen molar-refractivity contribution in [3.8, 4) is 12.1 Å². The first kappa shape index (κ1) is 73.7. The summed E-state index contributed by atoms with van der Waals surface area (Å²) in [7, 11) is -2.89. The standard InChI is InChI=1S/C9H12O3.C7H6O3.C6H5NO2.C5H3NO.C5H7NO.C5H3NO.C5H6O2.C5H4O2.2C4H5BO3.C4H4O/c1-2-11-9(10)6-5-8-4-3-7-12-8;8-7(9)4-3-6-2-1-5-10-6;8-5-7-4-6-2-1-3-9-6;6-3-5-1-2-7-4-5;4*6-4-5-2-1-3-7-5;6-5(7)4-1-2-8-3-4;6-5(7)4-2-1-3-8-4;1-2-4-5-3-1/h3-4,7H,2,5-6H2,1H3;1-5H,(H,8,9);1-3H,4H2;1-2,4H;1-3H,4,6H2;1-3H;1-3,6H,4H2;1-4H;2*1-3,6-7H;1-4H/b;4-3+;;;;;;;;;. The van der Waals surface area contributed by atoms with Gasteiger partial charge in [-0.1, -0.05) is 0 Å². The molecule has 0 radical (unpaired) electrons. The molecule has 0 atom stereocenters. The summed E-state index contributed by atoms with van der Waals surface area (Å²) in [6.45, 7) is 3.01. The monoisotopic (exact) mass is 1200 g/mol. The van der Waals surface area contributed by atoms with E-state index in [2.05, 4.69) is 31.5 Å².